The maximum atomic E-state index is 4.38. The van der Waals surface area contributed by atoms with E-state index in [4.69, 9.17) is 0 Å². The summed E-state index contributed by atoms with van der Waals surface area (Å²) in [5.74, 6) is 0. The molecule has 2 aromatic rings. The summed E-state index contributed by atoms with van der Waals surface area (Å²) in [4.78, 5) is 1.31. The summed E-state index contributed by atoms with van der Waals surface area (Å²) in [6, 6.07) is 8.21. The molecule has 13 heavy (non-hydrogen) atoms. The van der Waals surface area contributed by atoms with Crippen molar-refractivity contribution in [1.82, 2.24) is 5.10 Å². The van der Waals surface area contributed by atoms with Gasteiger partial charge in [-0.25, -0.2) is 0 Å². The van der Waals surface area contributed by atoms with E-state index in [0.29, 0.717) is 0 Å². The van der Waals surface area contributed by atoms with Crippen LogP contribution in [0.5, 0.6) is 0 Å². The maximum Gasteiger partial charge on any atom is 0.293 e. The number of thiophene rings is 1. The van der Waals surface area contributed by atoms with Crippen molar-refractivity contribution in [1.29, 1.82) is 0 Å². The molecule has 2 nitrogen and oxygen atoms in total. The van der Waals surface area contributed by atoms with Crippen LogP contribution in [0.1, 0.15) is 10.6 Å². The van der Waals surface area contributed by atoms with Crippen LogP contribution < -0.4 is 4.68 Å². The molecule has 0 amide bonds. The first-order chi connectivity index (χ1) is 6.25. The summed E-state index contributed by atoms with van der Waals surface area (Å²) >= 11 is 1.75. The SMILES string of the molecule is Cc1ccc[n+](-c2ccc(C)s2)n1. The van der Waals surface area contributed by atoms with Crippen molar-refractivity contribution in [3.8, 4) is 5.00 Å². The molecule has 0 aliphatic carbocycles. The van der Waals surface area contributed by atoms with Gasteiger partial charge in [0.1, 0.15) is 5.69 Å². The number of hydrogen-bond donors (Lipinski definition) is 0. The zero-order chi connectivity index (χ0) is 9.26. The predicted molar refractivity (Wildman–Crippen MR) is 53.1 cm³/mol. The zero-order valence-corrected chi connectivity index (χ0v) is 8.51. The molecule has 66 valence electrons. The van der Waals surface area contributed by atoms with Gasteiger partial charge in [-0.3, -0.25) is 0 Å². The van der Waals surface area contributed by atoms with Crippen molar-refractivity contribution in [2.75, 3.05) is 0 Å². The fourth-order valence-electron chi connectivity index (χ4n) is 1.17. The molecule has 2 heterocycles. The van der Waals surface area contributed by atoms with E-state index >= 15 is 0 Å². The van der Waals surface area contributed by atoms with Crippen LogP contribution in [0.4, 0.5) is 0 Å². The fraction of sp³-hybridized carbons (Fsp3) is 0.200. The van der Waals surface area contributed by atoms with Gasteiger partial charge in [0, 0.05) is 22.1 Å². The second kappa shape index (κ2) is 3.26. The summed E-state index contributed by atoms with van der Waals surface area (Å²) in [7, 11) is 0. The fourth-order valence-corrected chi connectivity index (χ4v) is 1.97. The standard InChI is InChI=1S/C10H11N2S/c1-8-4-3-7-12(11-8)10-6-5-9(2)13-10/h3-7H,1-2H3/q+1. The molecular formula is C10H11N2S+. The number of hydrogen-bond acceptors (Lipinski definition) is 2. The molecule has 0 radical (unpaired) electrons. The third kappa shape index (κ3) is 1.75. The Labute approximate surface area is 81.5 Å². The second-order valence-corrected chi connectivity index (χ2v) is 4.24. The van der Waals surface area contributed by atoms with Gasteiger partial charge in [-0.2, -0.15) is 0 Å². The Kier molecular flexibility index (Phi) is 2.10. The lowest BCUT2D eigenvalue weighted by molar-refractivity contribution is -0.656. The van der Waals surface area contributed by atoms with Crippen LogP contribution in [-0.4, -0.2) is 5.10 Å². The van der Waals surface area contributed by atoms with Gasteiger partial charge in [0.25, 0.3) is 5.00 Å². The largest absolute Gasteiger partial charge is 0.293 e. The molecule has 0 unspecified atom stereocenters. The summed E-state index contributed by atoms with van der Waals surface area (Å²) in [6.45, 7) is 4.10. The molecule has 0 aliphatic heterocycles. The number of aromatic nitrogens is 2. The summed E-state index contributed by atoms with van der Waals surface area (Å²) in [6.07, 6.45) is 1.97. The Bertz CT molecular complexity index is 420. The van der Waals surface area contributed by atoms with Crippen LogP contribution in [0.15, 0.2) is 30.5 Å². The van der Waals surface area contributed by atoms with Crippen LogP contribution in [0.25, 0.3) is 5.00 Å². The molecule has 2 aromatic heterocycles. The first kappa shape index (κ1) is 8.38. The van der Waals surface area contributed by atoms with E-state index < -0.39 is 0 Å². The summed E-state index contributed by atoms with van der Waals surface area (Å²) < 4.78 is 1.91. The molecule has 0 atom stereocenters. The van der Waals surface area contributed by atoms with Gasteiger partial charge in [0.05, 0.1) is 0 Å². The van der Waals surface area contributed by atoms with Gasteiger partial charge in [-0.05, 0) is 30.7 Å². The van der Waals surface area contributed by atoms with Crippen molar-refractivity contribution in [2.45, 2.75) is 13.8 Å². The highest BCUT2D eigenvalue weighted by Gasteiger charge is 2.09. The molecule has 0 spiro atoms. The zero-order valence-electron chi connectivity index (χ0n) is 7.69. The van der Waals surface area contributed by atoms with E-state index in [9.17, 15) is 0 Å². The normalized spacial score (nSPS) is 10.3. The Hall–Kier alpha value is -1.22. The lowest BCUT2D eigenvalue weighted by Gasteiger charge is -1.88. The van der Waals surface area contributed by atoms with Gasteiger partial charge in [-0.1, -0.05) is 11.3 Å². The van der Waals surface area contributed by atoms with Crippen molar-refractivity contribution >= 4 is 11.3 Å². The average molecular weight is 191 g/mol. The molecule has 0 bridgehead atoms. The Morgan fingerprint density at radius 3 is 2.69 bits per heavy atom. The topological polar surface area (TPSA) is 16.8 Å². The number of aryl methyl sites for hydroxylation is 2. The molecule has 0 aromatic carbocycles. The highest BCUT2D eigenvalue weighted by atomic mass is 32.1. The van der Waals surface area contributed by atoms with Crippen LogP contribution in [0.2, 0.25) is 0 Å². The van der Waals surface area contributed by atoms with E-state index in [0.717, 1.165) is 5.69 Å². The molecule has 2 rings (SSSR count). The van der Waals surface area contributed by atoms with Gasteiger partial charge < -0.3 is 0 Å². The number of rotatable bonds is 1. The Balaban J connectivity index is 2.46. The molecular weight excluding hydrogens is 180 g/mol. The minimum absolute atomic E-state index is 1.04. The first-order valence-electron chi connectivity index (χ1n) is 4.18. The summed E-state index contributed by atoms with van der Waals surface area (Å²) in [5.41, 5.74) is 1.04. The van der Waals surface area contributed by atoms with E-state index in [-0.39, 0.29) is 0 Å². The highest BCUT2D eigenvalue weighted by molar-refractivity contribution is 7.13. The molecule has 0 aliphatic rings. The average Bonchev–Trinajstić information content (AvgIpc) is 2.52. The monoisotopic (exact) mass is 191 g/mol. The third-order valence-electron chi connectivity index (χ3n) is 1.78. The van der Waals surface area contributed by atoms with E-state index in [2.05, 4.69) is 24.2 Å². The van der Waals surface area contributed by atoms with E-state index in [1.54, 1.807) is 11.3 Å². The van der Waals surface area contributed by atoms with Crippen molar-refractivity contribution in [3.05, 3.63) is 41.0 Å². The van der Waals surface area contributed by atoms with E-state index in [1.165, 1.54) is 9.88 Å². The molecule has 0 fully saturated rings. The Morgan fingerprint density at radius 2 is 2.08 bits per heavy atom. The van der Waals surface area contributed by atoms with Crippen molar-refractivity contribution in [3.63, 3.8) is 0 Å². The van der Waals surface area contributed by atoms with Gasteiger partial charge >= 0.3 is 0 Å². The summed E-state index contributed by atoms with van der Waals surface area (Å²) in [5, 5.41) is 5.55. The highest BCUT2D eigenvalue weighted by Crippen LogP contribution is 2.13. The lowest BCUT2D eigenvalue weighted by Crippen LogP contribution is -2.33. The van der Waals surface area contributed by atoms with Crippen LogP contribution in [0, 0.1) is 13.8 Å². The molecule has 3 heteroatoms. The molecule has 0 saturated heterocycles. The van der Waals surface area contributed by atoms with Crippen LogP contribution >= 0.6 is 11.3 Å². The van der Waals surface area contributed by atoms with Crippen LogP contribution in [0.3, 0.4) is 0 Å². The first-order valence-corrected chi connectivity index (χ1v) is 5.00. The van der Waals surface area contributed by atoms with Gasteiger partial charge in [0.15, 0.2) is 0 Å². The van der Waals surface area contributed by atoms with Crippen LogP contribution in [-0.2, 0) is 0 Å². The van der Waals surface area contributed by atoms with Crippen molar-refractivity contribution in [2.24, 2.45) is 0 Å². The van der Waals surface area contributed by atoms with Crippen molar-refractivity contribution < 1.29 is 4.68 Å². The second-order valence-electron chi connectivity index (χ2n) is 2.98. The predicted octanol–water partition coefficient (Wildman–Crippen LogP) is 2.04. The van der Waals surface area contributed by atoms with Gasteiger partial charge in [0.2, 0.25) is 6.20 Å². The Morgan fingerprint density at radius 1 is 1.23 bits per heavy atom. The van der Waals surface area contributed by atoms with E-state index in [1.807, 2.05) is 29.9 Å². The quantitative estimate of drug-likeness (QED) is 0.630. The maximum absolute atomic E-state index is 4.38. The van der Waals surface area contributed by atoms with Gasteiger partial charge in [-0.15, -0.1) is 0 Å². The lowest BCUT2D eigenvalue weighted by atomic mass is 10.4. The molecule has 0 N–H and O–H groups in total. The third-order valence-corrected chi connectivity index (χ3v) is 2.77. The minimum atomic E-state index is 1.04. The molecule has 0 saturated carbocycles. The minimum Gasteiger partial charge on any atom is -0.0713 e. The smallest absolute Gasteiger partial charge is 0.0713 e. The number of nitrogens with zero attached hydrogens (tertiary/aromatic N) is 2.